The Labute approximate surface area is 305 Å². The summed E-state index contributed by atoms with van der Waals surface area (Å²) in [6.07, 6.45) is 0.154. The molecule has 0 aromatic carbocycles. The van der Waals surface area contributed by atoms with Crippen molar-refractivity contribution in [1.82, 2.24) is 29.4 Å². The molecular formula is C34H42ClF3N6O7S. The Morgan fingerprint density at radius 1 is 1.02 bits per heavy atom. The molecule has 18 heteroatoms. The summed E-state index contributed by atoms with van der Waals surface area (Å²) in [5.74, 6) is -2.40. The highest BCUT2D eigenvalue weighted by molar-refractivity contribution is 7.90. The smallest absolute Gasteiger partial charge is 0.410 e. The van der Waals surface area contributed by atoms with E-state index in [1.165, 1.54) is 47.3 Å². The predicted molar refractivity (Wildman–Crippen MR) is 183 cm³/mol. The minimum atomic E-state index is -4.45. The van der Waals surface area contributed by atoms with Crippen LogP contribution in [0.4, 0.5) is 18.0 Å². The summed E-state index contributed by atoms with van der Waals surface area (Å²) in [5, 5.41) is 3.42. The van der Waals surface area contributed by atoms with Crippen LogP contribution in [-0.4, -0.2) is 81.6 Å². The van der Waals surface area contributed by atoms with Crippen LogP contribution >= 0.6 is 11.6 Å². The van der Waals surface area contributed by atoms with Crippen molar-refractivity contribution in [1.29, 1.82) is 0 Å². The average molecular weight is 771 g/mol. The predicted octanol–water partition coefficient (Wildman–Crippen LogP) is 6.74. The van der Waals surface area contributed by atoms with Gasteiger partial charge in [-0.2, -0.15) is 26.6 Å². The van der Waals surface area contributed by atoms with Crippen molar-refractivity contribution in [3.63, 3.8) is 0 Å². The highest BCUT2D eigenvalue weighted by Crippen LogP contribution is 2.51. The summed E-state index contributed by atoms with van der Waals surface area (Å²) in [6, 6.07) is 8.25. The molecule has 3 atom stereocenters. The third-order valence-corrected chi connectivity index (χ3v) is 10.3. The van der Waals surface area contributed by atoms with E-state index in [1.807, 2.05) is 39.3 Å². The number of halogens is 4. The molecule has 4 heterocycles. The summed E-state index contributed by atoms with van der Waals surface area (Å²) >= 11 is 6.25. The summed E-state index contributed by atoms with van der Waals surface area (Å²) in [5.41, 5.74) is -1.20. The molecule has 1 N–H and O–H groups in total. The number of nitrogens with zero attached hydrogens (tertiary/aromatic N) is 5. The third-order valence-electron chi connectivity index (χ3n) is 8.79. The van der Waals surface area contributed by atoms with E-state index in [9.17, 15) is 31.2 Å². The Kier molecular flexibility index (Phi) is 11.3. The molecule has 1 saturated carbocycles. The number of sulfonamides is 1. The monoisotopic (exact) mass is 770 g/mol. The van der Waals surface area contributed by atoms with Crippen LogP contribution in [0.3, 0.4) is 0 Å². The van der Waals surface area contributed by atoms with E-state index in [0.717, 1.165) is 12.8 Å². The van der Waals surface area contributed by atoms with Gasteiger partial charge in [-0.05, 0) is 97.3 Å². The molecule has 0 radical (unpaired) electrons. The molecule has 3 unspecified atom stereocenters. The second-order valence-electron chi connectivity index (χ2n) is 14.5. The number of hydrogen-bond acceptors (Lipinski definition) is 10. The van der Waals surface area contributed by atoms with Crippen molar-refractivity contribution in [3.05, 3.63) is 53.3 Å². The number of likely N-dealkylation sites (tertiary alicyclic amines) is 1. The molecule has 1 saturated heterocycles. The van der Waals surface area contributed by atoms with Crippen LogP contribution in [0.2, 0.25) is 5.15 Å². The van der Waals surface area contributed by atoms with Crippen molar-refractivity contribution in [2.24, 2.45) is 11.8 Å². The Balaban J connectivity index is 1.12. The standard InChI is InChI=1S/C34H42ClF3N6O7S/c1-32(2,3)51-31(46)44-22(13-16-33(44,4)5)8-7-18-49-26-9-6-10-28(40-26)52(47,48)42-30(45)23-11-12-25(39-29(23)35)43-17-14-27(41-43)50-19-15-21-20-24(21)34(36,37)38/h6,9-12,14,17,21-22,24H,7-8,13,15-16,18-20H2,1-5H3,(H,42,45). The molecular weight excluding hydrogens is 729 g/mol. The molecule has 13 nitrogen and oxygen atoms in total. The normalized spacial score (nSPS) is 20.0. The number of rotatable bonds is 13. The Hall–Kier alpha value is -4.12. The van der Waals surface area contributed by atoms with Gasteiger partial charge in [-0.25, -0.2) is 19.2 Å². The minimum Gasteiger partial charge on any atom is -0.478 e. The number of pyridine rings is 2. The van der Waals surface area contributed by atoms with Crippen LogP contribution in [0.15, 0.2) is 47.6 Å². The van der Waals surface area contributed by atoms with Crippen molar-refractivity contribution in [3.8, 4) is 17.6 Å². The number of alkyl halides is 3. The van der Waals surface area contributed by atoms with Crippen LogP contribution in [0.5, 0.6) is 11.8 Å². The Bertz CT molecular complexity index is 1880. The first kappa shape index (κ1) is 39.1. The molecule has 0 bridgehead atoms. The van der Waals surface area contributed by atoms with Gasteiger partial charge in [0.2, 0.25) is 11.8 Å². The van der Waals surface area contributed by atoms with Crippen molar-refractivity contribution in [2.45, 2.75) is 102 Å². The van der Waals surface area contributed by atoms with Gasteiger partial charge < -0.3 is 19.1 Å². The van der Waals surface area contributed by atoms with Gasteiger partial charge in [-0.15, -0.1) is 5.10 Å². The van der Waals surface area contributed by atoms with Gasteiger partial charge in [0, 0.05) is 29.9 Å². The number of carbonyl (C=O) groups is 2. The van der Waals surface area contributed by atoms with Gasteiger partial charge in [-0.3, -0.25) is 4.79 Å². The molecule has 3 aromatic heterocycles. The van der Waals surface area contributed by atoms with Gasteiger partial charge >= 0.3 is 12.3 Å². The largest absolute Gasteiger partial charge is 0.478 e. The molecule has 2 amide bonds. The van der Waals surface area contributed by atoms with Gasteiger partial charge in [0.15, 0.2) is 10.8 Å². The van der Waals surface area contributed by atoms with Gasteiger partial charge in [0.1, 0.15) is 10.8 Å². The van der Waals surface area contributed by atoms with E-state index in [2.05, 4.69) is 15.1 Å². The molecule has 0 spiro atoms. The van der Waals surface area contributed by atoms with Gasteiger partial charge in [0.25, 0.3) is 15.9 Å². The highest BCUT2D eigenvalue weighted by Gasteiger charge is 2.55. The molecule has 284 valence electrons. The zero-order valence-electron chi connectivity index (χ0n) is 29.4. The van der Waals surface area contributed by atoms with Crippen molar-refractivity contribution < 1.29 is 45.4 Å². The van der Waals surface area contributed by atoms with E-state index in [1.54, 1.807) is 4.90 Å². The first-order valence-corrected chi connectivity index (χ1v) is 18.7. The topological polar surface area (TPSA) is 155 Å². The first-order valence-electron chi connectivity index (χ1n) is 16.8. The fourth-order valence-corrected chi connectivity index (χ4v) is 7.27. The Morgan fingerprint density at radius 2 is 1.75 bits per heavy atom. The molecule has 5 rings (SSSR count). The molecule has 52 heavy (non-hydrogen) atoms. The number of nitrogens with one attached hydrogen (secondary N) is 1. The summed E-state index contributed by atoms with van der Waals surface area (Å²) in [7, 11) is -4.45. The molecule has 2 aliphatic rings. The van der Waals surface area contributed by atoms with E-state index in [-0.39, 0.29) is 72.0 Å². The fraction of sp³-hybridized carbons (Fsp3) is 0.559. The number of amides is 2. The Morgan fingerprint density at radius 3 is 2.42 bits per heavy atom. The number of hydrogen-bond donors (Lipinski definition) is 1. The maximum absolute atomic E-state index is 13.1. The summed E-state index contributed by atoms with van der Waals surface area (Å²) < 4.78 is 84.4. The SMILES string of the molecule is CC(C)(C)OC(=O)N1C(CCCOc2cccc(S(=O)(=O)NC(=O)c3ccc(-n4ccc(OCCC5CC5C(F)(F)F)n4)nc3Cl)n2)CCC1(C)C. The lowest BCUT2D eigenvalue weighted by atomic mass is 10.0. The summed E-state index contributed by atoms with van der Waals surface area (Å²) in [6.45, 7) is 9.78. The minimum absolute atomic E-state index is 0.0349. The molecule has 3 aromatic rings. The van der Waals surface area contributed by atoms with Crippen molar-refractivity contribution >= 4 is 33.6 Å². The van der Waals surface area contributed by atoms with E-state index < -0.39 is 44.6 Å². The number of carbonyl (C=O) groups excluding carboxylic acids is 2. The highest BCUT2D eigenvalue weighted by atomic mass is 35.5. The van der Waals surface area contributed by atoms with Gasteiger partial charge in [-0.1, -0.05) is 17.7 Å². The summed E-state index contributed by atoms with van der Waals surface area (Å²) in [4.78, 5) is 35.9. The van der Waals surface area contributed by atoms with E-state index >= 15 is 0 Å². The number of aromatic nitrogens is 4. The van der Waals surface area contributed by atoms with E-state index in [4.69, 9.17) is 25.8 Å². The molecule has 1 aliphatic carbocycles. The molecule has 2 fully saturated rings. The lowest BCUT2D eigenvalue weighted by molar-refractivity contribution is -0.151. The van der Waals surface area contributed by atoms with Crippen molar-refractivity contribution in [2.75, 3.05) is 13.2 Å². The van der Waals surface area contributed by atoms with E-state index in [0.29, 0.717) is 12.8 Å². The van der Waals surface area contributed by atoms with Crippen LogP contribution in [0.25, 0.3) is 5.82 Å². The van der Waals surface area contributed by atoms with Crippen LogP contribution in [0, 0.1) is 11.8 Å². The van der Waals surface area contributed by atoms with Gasteiger partial charge in [0.05, 0.1) is 24.7 Å². The lowest BCUT2D eigenvalue weighted by Crippen LogP contribution is -2.49. The zero-order chi connectivity index (χ0) is 38.1. The second-order valence-corrected chi connectivity index (χ2v) is 16.5. The maximum Gasteiger partial charge on any atom is 0.410 e. The maximum atomic E-state index is 13.1. The first-order chi connectivity index (χ1) is 24.2. The second kappa shape index (κ2) is 15.1. The number of ether oxygens (including phenoxy) is 3. The van der Waals surface area contributed by atoms with Crippen LogP contribution in [-0.2, 0) is 14.8 Å². The fourth-order valence-electron chi connectivity index (χ4n) is 6.11. The quantitative estimate of drug-likeness (QED) is 0.146. The average Bonchev–Trinajstić information content (AvgIpc) is 3.56. The zero-order valence-corrected chi connectivity index (χ0v) is 31.0. The third kappa shape index (κ3) is 9.85. The lowest BCUT2D eigenvalue weighted by Gasteiger charge is -2.37. The molecule has 1 aliphatic heterocycles. The van der Waals surface area contributed by atoms with Crippen LogP contribution in [0.1, 0.15) is 83.5 Å². The van der Waals surface area contributed by atoms with Crippen LogP contribution < -0.4 is 14.2 Å².